The lowest BCUT2D eigenvalue weighted by atomic mass is 9.67. The van der Waals surface area contributed by atoms with Crippen LogP contribution in [-0.4, -0.2) is 0 Å². The second-order valence-corrected chi connectivity index (χ2v) is 15.1. The van der Waals surface area contributed by atoms with Crippen molar-refractivity contribution in [3.63, 3.8) is 0 Å². The summed E-state index contributed by atoms with van der Waals surface area (Å²) in [6.45, 7) is 0. The summed E-state index contributed by atoms with van der Waals surface area (Å²) in [6.07, 6.45) is 0. The molecule has 0 radical (unpaired) electrons. The molecule has 272 valence electrons. The molecule has 0 fully saturated rings. The summed E-state index contributed by atoms with van der Waals surface area (Å²) in [5.74, 6) is 0. The lowest BCUT2D eigenvalue weighted by Gasteiger charge is -2.33. The Kier molecular flexibility index (Phi) is 7.14. The van der Waals surface area contributed by atoms with Crippen molar-refractivity contribution in [3.8, 4) is 22.3 Å². The van der Waals surface area contributed by atoms with Crippen LogP contribution in [-0.2, 0) is 5.41 Å². The summed E-state index contributed by atoms with van der Waals surface area (Å²) in [4.78, 5) is 2.34. The van der Waals surface area contributed by atoms with Gasteiger partial charge in [0, 0.05) is 27.4 Å². The molecule has 2 aromatic heterocycles. The SMILES string of the molecule is c1ccc(-c2ccc(N(c3cccc4c3oc3ccccc34)c3cccc4oc5c(C6(c7ccccc7)c7ccccc7-c7ccccc76)cccc5c34)cc2)cc1. The molecular weight excluding hydrogens is 707 g/mol. The zero-order valence-corrected chi connectivity index (χ0v) is 31.5. The Morgan fingerprint density at radius 3 is 1.66 bits per heavy atom. The van der Waals surface area contributed by atoms with E-state index in [9.17, 15) is 0 Å². The zero-order valence-electron chi connectivity index (χ0n) is 31.5. The van der Waals surface area contributed by atoms with Crippen molar-refractivity contribution in [2.45, 2.75) is 5.41 Å². The maximum atomic E-state index is 7.20. The third kappa shape index (κ3) is 4.62. The first kappa shape index (κ1) is 32.6. The molecule has 0 N–H and O–H groups in total. The van der Waals surface area contributed by atoms with Gasteiger partial charge in [0.15, 0.2) is 5.58 Å². The van der Waals surface area contributed by atoms with E-state index in [1.54, 1.807) is 0 Å². The molecule has 3 heteroatoms. The Labute approximate surface area is 335 Å². The maximum Gasteiger partial charge on any atom is 0.159 e. The molecule has 0 saturated carbocycles. The number of para-hydroxylation sites is 3. The molecule has 1 aliphatic carbocycles. The first-order valence-corrected chi connectivity index (χ1v) is 19.8. The van der Waals surface area contributed by atoms with Crippen LogP contribution in [0.1, 0.15) is 22.3 Å². The minimum Gasteiger partial charge on any atom is -0.456 e. The molecule has 9 aromatic carbocycles. The number of furan rings is 2. The summed E-state index contributed by atoms with van der Waals surface area (Å²) < 4.78 is 13.9. The van der Waals surface area contributed by atoms with Crippen LogP contribution in [0.25, 0.3) is 66.1 Å². The summed E-state index contributed by atoms with van der Waals surface area (Å²) in [5, 5.41) is 4.28. The number of benzene rings is 9. The van der Waals surface area contributed by atoms with E-state index < -0.39 is 5.41 Å². The first-order valence-electron chi connectivity index (χ1n) is 19.8. The third-order valence-electron chi connectivity index (χ3n) is 12.2. The van der Waals surface area contributed by atoms with Gasteiger partial charge in [0.25, 0.3) is 0 Å². The van der Waals surface area contributed by atoms with Crippen LogP contribution in [0.4, 0.5) is 17.1 Å². The molecule has 0 unspecified atom stereocenters. The molecule has 0 bridgehead atoms. The van der Waals surface area contributed by atoms with Crippen molar-refractivity contribution < 1.29 is 8.83 Å². The van der Waals surface area contributed by atoms with Gasteiger partial charge in [0.05, 0.1) is 22.2 Å². The fraction of sp³-hybridized carbons (Fsp3) is 0.0182. The van der Waals surface area contributed by atoms with Crippen molar-refractivity contribution in [3.05, 3.63) is 235 Å². The van der Waals surface area contributed by atoms with Crippen molar-refractivity contribution in [1.82, 2.24) is 0 Å². The van der Waals surface area contributed by atoms with Gasteiger partial charge < -0.3 is 13.7 Å². The summed E-state index contributed by atoms with van der Waals surface area (Å²) in [5.41, 5.74) is 15.5. The van der Waals surface area contributed by atoms with E-state index in [-0.39, 0.29) is 0 Å². The molecule has 0 saturated heterocycles. The predicted octanol–water partition coefficient (Wildman–Crippen LogP) is 15.0. The average molecular weight is 742 g/mol. The van der Waals surface area contributed by atoms with Crippen molar-refractivity contribution >= 4 is 60.9 Å². The third-order valence-corrected chi connectivity index (χ3v) is 12.2. The van der Waals surface area contributed by atoms with E-state index in [0.29, 0.717) is 0 Å². The highest BCUT2D eigenvalue weighted by molar-refractivity contribution is 6.17. The highest BCUT2D eigenvalue weighted by Gasteiger charge is 2.47. The highest BCUT2D eigenvalue weighted by Crippen LogP contribution is 2.58. The van der Waals surface area contributed by atoms with Gasteiger partial charge in [-0.2, -0.15) is 0 Å². The molecule has 1 aliphatic rings. The fourth-order valence-corrected chi connectivity index (χ4v) is 9.74. The second kappa shape index (κ2) is 12.7. The van der Waals surface area contributed by atoms with Gasteiger partial charge in [-0.05, 0) is 75.3 Å². The van der Waals surface area contributed by atoms with Crippen LogP contribution in [0.5, 0.6) is 0 Å². The van der Waals surface area contributed by atoms with Gasteiger partial charge in [-0.25, -0.2) is 0 Å². The van der Waals surface area contributed by atoms with E-state index in [4.69, 9.17) is 8.83 Å². The Hall–Kier alpha value is -7.62. The van der Waals surface area contributed by atoms with E-state index in [2.05, 4.69) is 205 Å². The van der Waals surface area contributed by atoms with Crippen molar-refractivity contribution in [1.29, 1.82) is 0 Å². The summed E-state index contributed by atoms with van der Waals surface area (Å²) in [6, 6.07) is 75.9. The molecule has 11 aromatic rings. The van der Waals surface area contributed by atoms with Crippen LogP contribution in [0, 0.1) is 0 Å². The number of rotatable bonds is 6. The number of anilines is 3. The Morgan fingerprint density at radius 2 is 0.879 bits per heavy atom. The molecule has 2 heterocycles. The van der Waals surface area contributed by atoms with Crippen molar-refractivity contribution in [2.75, 3.05) is 4.90 Å². The standard InChI is InChI=1S/C55H35NO2/c1-3-16-36(17-4-1)37-32-34-39(35-33-37)56(49-29-14-23-43-42-22-9-12-30-50(42)57-54(43)49)48-28-15-31-51-52(48)44-24-13-27-47(53(44)58-51)55(38-18-5-2-6-19-38)45-25-10-7-20-40(45)41-21-8-11-26-46(41)55/h1-35H. The normalized spacial score (nSPS) is 13.0. The lowest BCUT2D eigenvalue weighted by molar-refractivity contribution is 0.648. The maximum absolute atomic E-state index is 7.20. The predicted molar refractivity (Wildman–Crippen MR) is 238 cm³/mol. The van der Waals surface area contributed by atoms with Crippen LogP contribution in [0.2, 0.25) is 0 Å². The first-order chi connectivity index (χ1) is 28.8. The Bertz CT molecular complexity index is 3290. The Balaban J connectivity index is 1.15. The van der Waals surface area contributed by atoms with E-state index in [1.165, 1.54) is 33.4 Å². The van der Waals surface area contributed by atoms with Crippen LogP contribution < -0.4 is 4.90 Å². The molecule has 0 spiro atoms. The van der Waals surface area contributed by atoms with E-state index in [1.807, 2.05) is 12.1 Å². The second-order valence-electron chi connectivity index (χ2n) is 15.1. The summed E-state index contributed by atoms with van der Waals surface area (Å²) in [7, 11) is 0. The van der Waals surface area contributed by atoms with Crippen LogP contribution >= 0.6 is 0 Å². The number of hydrogen-bond acceptors (Lipinski definition) is 3. The lowest BCUT2D eigenvalue weighted by Crippen LogP contribution is -2.28. The van der Waals surface area contributed by atoms with Gasteiger partial charge in [-0.3, -0.25) is 0 Å². The minimum absolute atomic E-state index is 0.602. The fourth-order valence-electron chi connectivity index (χ4n) is 9.74. The smallest absolute Gasteiger partial charge is 0.159 e. The van der Waals surface area contributed by atoms with Gasteiger partial charge in [0.2, 0.25) is 0 Å². The quantitative estimate of drug-likeness (QED) is 0.170. The van der Waals surface area contributed by atoms with E-state index in [0.717, 1.165) is 72.1 Å². The molecule has 0 amide bonds. The molecule has 12 rings (SSSR count). The highest BCUT2D eigenvalue weighted by atomic mass is 16.3. The average Bonchev–Trinajstić information content (AvgIpc) is 3.97. The van der Waals surface area contributed by atoms with E-state index >= 15 is 0 Å². The monoisotopic (exact) mass is 741 g/mol. The zero-order chi connectivity index (χ0) is 38.2. The summed E-state index contributed by atoms with van der Waals surface area (Å²) >= 11 is 0. The largest absolute Gasteiger partial charge is 0.456 e. The molecular formula is C55H35NO2. The molecule has 58 heavy (non-hydrogen) atoms. The molecule has 0 atom stereocenters. The van der Waals surface area contributed by atoms with Crippen LogP contribution in [0.15, 0.2) is 221 Å². The molecule has 0 aliphatic heterocycles. The molecule has 3 nitrogen and oxygen atoms in total. The minimum atomic E-state index is -0.602. The topological polar surface area (TPSA) is 29.5 Å². The Morgan fingerprint density at radius 1 is 0.345 bits per heavy atom. The van der Waals surface area contributed by atoms with Gasteiger partial charge in [-0.15, -0.1) is 0 Å². The van der Waals surface area contributed by atoms with Crippen LogP contribution in [0.3, 0.4) is 0 Å². The van der Waals surface area contributed by atoms with Gasteiger partial charge >= 0.3 is 0 Å². The van der Waals surface area contributed by atoms with Gasteiger partial charge in [-0.1, -0.05) is 176 Å². The van der Waals surface area contributed by atoms with Gasteiger partial charge in [0.1, 0.15) is 16.7 Å². The van der Waals surface area contributed by atoms with Crippen molar-refractivity contribution in [2.24, 2.45) is 0 Å². The number of nitrogens with zero attached hydrogens (tertiary/aromatic N) is 1. The number of fused-ring (bicyclic) bond motifs is 9. The number of hydrogen-bond donors (Lipinski definition) is 0.